The molecule has 1 atom stereocenters. The Hall–Kier alpha value is -3.75. The Morgan fingerprint density at radius 1 is 1.16 bits per heavy atom. The Bertz CT molecular complexity index is 1320. The minimum absolute atomic E-state index is 0.0689. The SMILES string of the molecule is O=C(Cn1c(=O)oc2ccccc21)N1CCC[C@@H](Cc2nc(-c3ccccc3F)no2)C1. The van der Waals surface area contributed by atoms with Gasteiger partial charge in [0.15, 0.2) is 5.58 Å². The number of hydrogen-bond donors (Lipinski definition) is 0. The lowest BCUT2D eigenvalue weighted by Gasteiger charge is -2.32. The maximum Gasteiger partial charge on any atom is 0.420 e. The van der Waals surface area contributed by atoms with E-state index in [0.29, 0.717) is 42.1 Å². The lowest BCUT2D eigenvalue weighted by atomic mass is 9.94. The van der Waals surface area contributed by atoms with Gasteiger partial charge in [-0.1, -0.05) is 29.4 Å². The first-order valence-electron chi connectivity index (χ1n) is 10.5. The molecule has 1 aliphatic rings. The molecule has 0 aliphatic carbocycles. The van der Waals surface area contributed by atoms with E-state index in [-0.39, 0.29) is 24.2 Å². The highest BCUT2D eigenvalue weighted by Gasteiger charge is 2.26. The number of fused-ring (bicyclic) bond motifs is 1. The van der Waals surface area contributed by atoms with Crippen molar-refractivity contribution in [1.29, 1.82) is 0 Å². The summed E-state index contributed by atoms with van der Waals surface area (Å²) in [7, 11) is 0. The van der Waals surface area contributed by atoms with Crippen LogP contribution in [0.2, 0.25) is 0 Å². The number of carbonyl (C=O) groups excluding carboxylic acids is 1. The summed E-state index contributed by atoms with van der Waals surface area (Å²) in [5, 5.41) is 3.90. The van der Waals surface area contributed by atoms with Gasteiger partial charge in [0.05, 0.1) is 11.1 Å². The van der Waals surface area contributed by atoms with E-state index in [0.717, 1.165) is 12.8 Å². The molecule has 0 unspecified atom stereocenters. The number of piperidine rings is 1. The van der Waals surface area contributed by atoms with Crippen molar-refractivity contribution in [2.24, 2.45) is 5.92 Å². The Morgan fingerprint density at radius 2 is 1.97 bits per heavy atom. The van der Waals surface area contributed by atoms with Gasteiger partial charge in [0.2, 0.25) is 17.6 Å². The van der Waals surface area contributed by atoms with Gasteiger partial charge in [0.25, 0.3) is 0 Å². The maximum absolute atomic E-state index is 14.0. The molecule has 32 heavy (non-hydrogen) atoms. The van der Waals surface area contributed by atoms with Crippen LogP contribution in [0.3, 0.4) is 0 Å². The van der Waals surface area contributed by atoms with Crippen LogP contribution in [0.15, 0.2) is 62.3 Å². The zero-order valence-corrected chi connectivity index (χ0v) is 17.2. The van der Waals surface area contributed by atoms with E-state index in [1.54, 1.807) is 47.4 Å². The monoisotopic (exact) mass is 436 g/mol. The fourth-order valence-electron chi connectivity index (χ4n) is 4.19. The molecule has 3 heterocycles. The Labute approximate surface area is 182 Å². The molecule has 164 valence electrons. The lowest BCUT2D eigenvalue weighted by Crippen LogP contribution is -2.42. The van der Waals surface area contributed by atoms with Gasteiger partial charge in [-0.25, -0.2) is 9.18 Å². The van der Waals surface area contributed by atoms with Crippen LogP contribution in [-0.2, 0) is 17.8 Å². The molecule has 0 saturated carbocycles. The molecule has 2 aromatic heterocycles. The van der Waals surface area contributed by atoms with Crippen molar-refractivity contribution in [3.8, 4) is 11.4 Å². The van der Waals surface area contributed by atoms with Gasteiger partial charge in [-0.3, -0.25) is 9.36 Å². The van der Waals surface area contributed by atoms with Crippen LogP contribution in [-0.4, -0.2) is 38.6 Å². The first kappa shape index (κ1) is 20.2. The van der Waals surface area contributed by atoms with Gasteiger partial charge in [0.1, 0.15) is 12.4 Å². The summed E-state index contributed by atoms with van der Waals surface area (Å²) in [5.41, 5.74) is 1.36. The predicted molar refractivity (Wildman–Crippen MR) is 113 cm³/mol. The van der Waals surface area contributed by atoms with Crippen LogP contribution in [0.5, 0.6) is 0 Å². The van der Waals surface area contributed by atoms with Crippen LogP contribution in [0, 0.1) is 11.7 Å². The molecule has 0 radical (unpaired) electrons. The minimum atomic E-state index is -0.542. The van der Waals surface area contributed by atoms with E-state index in [9.17, 15) is 14.0 Å². The maximum atomic E-state index is 14.0. The predicted octanol–water partition coefficient (Wildman–Crippen LogP) is 3.26. The number of halogens is 1. The summed E-state index contributed by atoms with van der Waals surface area (Å²) in [6.07, 6.45) is 2.25. The zero-order valence-electron chi connectivity index (χ0n) is 17.2. The summed E-state index contributed by atoms with van der Waals surface area (Å²) in [4.78, 5) is 31.2. The van der Waals surface area contributed by atoms with Crippen molar-refractivity contribution in [1.82, 2.24) is 19.6 Å². The molecule has 9 heteroatoms. The number of hydrogen-bond acceptors (Lipinski definition) is 6. The molecular formula is C23H21FN4O4. The number of amides is 1. The molecular weight excluding hydrogens is 415 g/mol. The Morgan fingerprint density at radius 3 is 2.84 bits per heavy atom. The minimum Gasteiger partial charge on any atom is -0.408 e. The van der Waals surface area contributed by atoms with Crippen LogP contribution in [0.25, 0.3) is 22.5 Å². The Kier molecular flexibility index (Phi) is 5.30. The van der Waals surface area contributed by atoms with Crippen molar-refractivity contribution in [2.75, 3.05) is 13.1 Å². The highest BCUT2D eigenvalue weighted by molar-refractivity contribution is 5.79. The van der Waals surface area contributed by atoms with Crippen LogP contribution in [0.1, 0.15) is 18.7 Å². The lowest BCUT2D eigenvalue weighted by molar-refractivity contribution is -0.133. The van der Waals surface area contributed by atoms with E-state index in [1.165, 1.54) is 10.6 Å². The van der Waals surface area contributed by atoms with Crippen LogP contribution < -0.4 is 5.76 Å². The molecule has 1 amide bonds. The average Bonchev–Trinajstić information content (AvgIpc) is 3.38. The fraction of sp³-hybridized carbons (Fsp3) is 0.304. The van der Waals surface area contributed by atoms with Gasteiger partial charge < -0.3 is 13.8 Å². The second kappa shape index (κ2) is 8.41. The third-order valence-electron chi connectivity index (χ3n) is 5.78. The van der Waals surface area contributed by atoms with Gasteiger partial charge in [-0.2, -0.15) is 4.98 Å². The topological polar surface area (TPSA) is 94.4 Å². The smallest absolute Gasteiger partial charge is 0.408 e. The molecule has 1 fully saturated rings. The molecule has 5 rings (SSSR count). The third-order valence-corrected chi connectivity index (χ3v) is 5.78. The highest BCUT2D eigenvalue weighted by Crippen LogP contribution is 2.24. The van der Waals surface area contributed by atoms with Gasteiger partial charge >= 0.3 is 5.76 Å². The molecule has 0 bridgehead atoms. The van der Waals surface area contributed by atoms with E-state index in [2.05, 4.69) is 10.1 Å². The summed E-state index contributed by atoms with van der Waals surface area (Å²) in [6, 6.07) is 13.3. The second-order valence-electron chi connectivity index (χ2n) is 7.97. The van der Waals surface area contributed by atoms with Gasteiger partial charge in [0, 0.05) is 19.5 Å². The van der Waals surface area contributed by atoms with Crippen molar-refractivity contribution in [2.45, 2.75) is 25.8 Å². The normalized spacial score (nSPS) is 16.5. The largest absolute Gasteiger partial charge is 0.420 e. The van der Waals surface area contributed by atoms with Crippen molar-refractivity contribution in [3.63, 3.8) is 0 Å². The zero-order chi connectivity index (χ0) is 22.1. The van der Waals surface area contributed by atoms with E-state index in [4.69, 9.17) is 8.94 Å². The number of nitrogens with zero attached hydrogens (tertiary/aromatic N) is 4. The standard InChI is InChI=1S/C23H21FN4O4/c24-17-8-2-1-7-16(17)22-25-20(32-26-22)12-15-6-5-11-27(13-15)21(29)14-28-18-9-3-4-10-19(18)31-23(28)30/h1-4,7-10,15H,5-6,11-14H2/t15-/m0/s1. The Balaban J connectivity index is 1.26. The molecule has 2 aromatic carbocycles. The van der Waals surface area contributed by atoms with Crippen LogP contribution >= 0.6 is 0 Å². The van der Waals surface area contributed by atoms with Crippen molar-refractivity contribution in [3.05, 3.63) is 70.8 Å². The quantitative estimate of drug-likeness (QED) is 0.477. The van der Waals surface area contributed by atoms with E-state index in [1.807, 2.05) is 0 Å². The number of carbonyl (C=O) groups is 1. The van der Waals surface area contributed by atoms with E-state index < -0.39 is 11.6 Å². The summed E-state index contributed by atoms with van der Waals surface area (Å²) in [6.45, 7) is 1.09. The van der Waals surface area contributed by atoms with Gasteiger partial charge in [-0.05, 0) is 43.0 Å². The second-order valence-corrected chi connectivity index (χ2v) is 7.97. The first-order chi connectivity index (χ1) is 15.6. The molecule has 4 aromatic rings. The summed E-state index contributed by atoms with van der Waals surface area (Å²) >= 11 is 0. The van der Waals surface area contributed by atoms with Gasteiger partial charge in [-0.15, -0.1) is 0 Å². The summed E-state index contributed by atoms with van der Waals surface area (Å²) < 4.78 is 25.9. The molecule has 8 nitrogen and oxygen atoms in total. The van der Waals surface area contributed by atoms with Crippen molar-refractivity contribution >= 4 is 17.0 Å². The van der Waals surface area contributed by atoms with E-state index >= 15 is 0 Å². The molecule has 0 spiro atoms. The number of aromatic nitrogens is 3. The summed E-state index contributed by atoms with van der Waals surface area (Å²) in [5.74, 6) is -0.316. The number of benzene rings is 2. The highest BCUT2D eigenvalue weighted by atomic mass is 19.1. The van der Waals surface area contributed by atoms with Crippen LogP contribution in [0.4, 0.5) is 4.39 Å². The number of para-hydroxylation sites is 2. The molecule has 1 aliphatic heterocycles. The fourth-order valence-corrected chi connectivity index (χ4v) is 4.19. The number of likely N-dealkylation sites (tertiary alicyclic amines) is 1. The molecule has 0 N–H and O–H groups in total. The first-order valence-corrected chi connectivity index (χ1v) is 10.5. The third kappa shape index (κ3) is 3.93. The number of rotatable bonds is 5. The average molecular weight is 436 g/mol. The van der Waals surface area contributed by atoms with Crippen molar-refractivity contribution < 1.29 is 18.1 Å². The number of oxazole rings is 1. The molecule has 1 saturated heterocycles.